The number of Topliss-reactive ketones (excluding diaryl/α,β-unsaturated/α-hetero) is 1. The van der Waals surface area contributed by atoms with Crippen molar-refractivity contribution in [2.24, 2.45) is 0 Å². The summed E-state index contributed by atoms with van der Waals surface area (Å²) in [6, 6.07) is 5.56. The molecule has 0 fully saturated rings. The summed E-state index contributed by atoms with van der Waals surface area (Å²) >= 11 is 0. The fourth-order valence-corrected chi connectivity index (χ4v) is 3.54. The molecule has 1 amide bonds. The zero-order valence-corrected chi connectivity index (χ0v) is 19.1. The highest BCUT2D eigenvalue weighted by atomic mass is 16.4. The van der Waals surface area contributed by atoms with E-state index in [9.17, 15) is 19.5 Å². The third-order valence-electron chi connectivity index (χ3n) is 5.35. The number of terminal acetylenes is 1. The molecular weight excluding hydrogens is 450 g/mol. The minimum atomic E-state index is -1.20. The van der Waals surface area contributed by atoms with Gasteiger partial charge in [0.05, 0.1) is 11.9 Å². The van der Waals surface area contributed by atoms with E-state index in [0.717, 1.165) is 5.56 Å². The number of benzene rings is 1. The van der Waals surface area contributed by atoms with Gasteiger partial charge in [-0.05, 0) is 37.5 Å². The molecule has 35 heavy (non-hydrogen) atoms. The third kappa shape index (κ3) is 6.48. The summed E-state index contributed by atoms with van der Waals surface area (Å²) in [5, 5.41) is 11.8. The predicted octanol–water partition coefficient (Wildman–Crippen LogP) is 1.49. The molecule has 1 aromatic carbocycles. The number of aliphatic carboxylic acids is 1. The van der Waals surface area contributed by atoms with Gasteiger partial charge in [-0.2, -0.15) is 9.97 Å². The van der Waals surface area contributed by atoms with Crippen LogP contribution in [0.2, 0.25) is 0 Å². The number of nitrogen functional groups attached to an aromatic ring is 2. The fraction of sp³-hybridized carbons (Fsp3) is 0.292. The molecule has 0 saturated heterocycles. The SMILES string of the molecule is C#CCC(Cc1cnc2nc(N)nc(N)c2n1)c1ccc(C(=O)N[C@@H](CCC(C)=O)C(=O)O)cc1. The first kappa shape index (κ1) is 25.0. The predicted molar refractivity (Wildman–Crippen MR) is 129 cm³/mol. The quantitative estimate of drug-likeness (QED) is 0.313. The molecule has 3 aromatic rings. The van der Waals surface area contributed by atoms with Crippen LogP contribution in [0, 0.1) is 12.3 Å². The van der Waals surface area contributed by atoms with Crippen LogP contribution in [0.3, 0.4) is 0 Å². The van der Waals surface area contributed by atoms with Crippen molar-refractivity contribution in [2.75, 3.05) is 11.5 Å². The van der Waals surface area contributed by atoms with Gasteiger partial charge in [-0.1, -0.05) is 12.1 Å². The van der Waals surface area contributed by atoms with E-state index in [1.54, 1.807) is 30.5 Å². The molecule has 180 valence electrons. The Morgan fingerprint density at radius 3 is 2.49 bits per heavy atom. The lowest BCUT2D eigenvalue weighted by Crippen LogP contribution is -2.41. The molecule has 11 nitrogen and oxygen atoms in total. The molecule has 0 aliphatic rings. The van der Waals surface area contributed by atoms with Gasteiger partial charge in [-0.25, -0.2) is 14.8 Å². The van der Waals surface area contributed by atoms with Gasteiger partial charge in [0, 0.05) is 24.3 Å². The second-order valence-corrected chi connectivity index (χ2v) is 8.04. The van der Waals surface area contributed by atoms with Crippen molar-refractivity contribution < 1.29 is 19.5 Å². The molecule has 3 rings (SSSR count). The van der Waals surface area contributed by atoms with Crippen LogP contribution in [-0.2, 0) is 16.0 Å². The maximum atomic E-state index is 12.5. The van der Waals surface area contributed by atoms with Crippen molar-refractivity contribution >= 4 is 40.6 Å². The molecule has 0 bridgehead atoms. The lowest BCUT2D eigenvalue weighted by Gasteiger charge is -2.16. The number of carbonyl (C=O) groups excluding carboxylic acids is 2. The van der Waals surface area contributed by atoms with Gasteiger partial charge in [0.1, 0.15) is 11.8 Å². The average Bonchev–Trinajstić information content (AvgIpc) is 2.81. The maximum absolute atomic E-state index is 12.5. The van der Waals surface area contributed by atoms with Gasteiger partial charge in [0.15, 0.2) is 17.0 Å². The number of fused-ring (bicyclic) bond motifs is 1. The Kier molecular flexibility index (Phi) is 7.88. The Morgan fingerprint density at radius 2 is 1.86 bits per heavy atom. The summed E-state index contributed by atoms with van der Waals surface area (Å²) in [7, 11) is 0. The van der Waals surface area contributed by atoms with E-state index in [2.05, 4.69) is 31.2 Å². The summed E-state index contributed by atoms with van der Waals surface area (Å²) in [6.07, 6.45) is 8.10. The van der Waals surface area contributed by atoms with Crippen LogP contribution in [0.5, 0.6) is 0 Å². The van der Waals surface area contributed by atoms with Gasteiger partial charge >= 0.3 is 5.97 Å². The van der Waals surface area contributed by atoms with E-state index in [4.69, 9.17) is 17.9 Å². The number of rotatable bonds is 10. The number of carboxylic acids is 1. The minimum absolute atomic E-state index is 0.0138. The number of nitrogens with one attached hydrogen (secondary N) is 1. The van der Waals surface area contributed by atoms with Crippen molar-refractivity contribution in [3.8, 4) is 12.3 Å². The van der Waals surface area contributed by atoms with E-state index in [1.807, 2.05) is 0 Å². The highest BCUT2D eigenvalue weighted by molar-refractivity contribution is 5.96. The number of nitrogens with zero attached hydrogens (tertiary/aromatic N) is 4. The highest BCUT2D eigenvalue weighted by Crippen LogP contribution is 2.25. The molecule has 0 spiro atoms. The van der Waals surface area contributed by atoms with E-state index in [1.165, 1.54) is 6.92 Å². The van der Waals surface area contributed by atoms with Crippen molar-refractivity contribution in [1.29, 1.82) is 0 Å². The van der Waals surface area contributed by atoms with E-state index in [0.29, 0.717) is 29.7 Å². The van der Waals surface area contributed by atoms with Crippen LogP contribution in [0.15, 0.2) is 30.5 Å². The molecule has 1 unspecified atom stereocenters. The molecule has 2 heterocycles. The number of aromatic nitrogens is 4. The van der Waals surface area contributed by atoms with Crippen molar-refractivity contribution in [3.05, 3.63) is 47.3 Å². The normalized spacial score (nSPS) is 12.5. The Balaban J connectivity index is 1.76. The fourth-order valence-electron chi connectivity index (χ4n) is 3.54. The second kappa shape index (κ2) is 11.0. The average molecular weight is 476 g/mol. The zero-order valence-electron chi connectivity index (χ0n) is 19.1. The standard InChI is InChI=1S/C24H25N7O4/c1-3-4-16(11-17-12-27-21-19(28-17)20(25)30-24(26)31-21)14-6-8-15(9-7-14)22(33)29-18(23(34)35)10-5-13(2)32/h1,6-9,12,16,18H,4-5,10-11H2,2H3,(H,29,33)(H,34,35)(H4,25,26,27,30,31)/t16?,18-/m0/s1. The number of carbonyl (C=O) groups is 3. The van der Waals surface area contributed by atoms with Crippen LogP contribution in [0.4, 0.5) is 11.8 Å². The molecule has 0 radical (unpaired) electrons. The van der Waals surface area contributed by atoms with Gasteiger partial charge < -0.3 is 26.7 Å². The molecule has 0 aliphatic heterocycles. The first-order valence-electron chi connectivity index (χ1n) is 10.8. The van der Waals surface area contributed by atoms with Crippen LogP contribution < -0.4 is 16.8 Å². The number of carboxylic acid groups (broad SMARTS) is 1. The minimum Gasteiger partial charge on any atom is -0.480 e. The van der Waals surface area contributed by atoms with E-state index in [-0.39, 0.29) is 41.9 Å². The first-order valence-corrected chi connectivity index (χ1v) is 10.8. The topological polar surface area (TPSA) is 187 Å². The number of ketones is 1. The molecule has 0 saturated carbocycles. The number of nitrogens with two attached hydrogens (primary N) is 2. The van der Waals surface area contributed by atoms with Crippen LogP contribution >= 0.6 is 0 Å². The van der Waals surface area contributed by atoms with Crippen LogP contribution in [0.1, 0.15) is 53.7 Å². The van der Waals surface area contributed by atoms with Crippen molar-refractivity contribution in [2.45, 2.75) is 44.6 Å². The van der Waals surface area contributed by atoms with Gasteiger partial charge in [-0.3, -0.25) is 4.79 Å². The highest BCUT2D eigenvalue weighted by Gasteiger charge is 2.21. The van der Waals surface area contributed by atoms with Crippen LogP contribution in [0.25, 0.3) is 11.2 Å². The smallest absolute Gasteiger partial charge is 0.326 e. The monoisotopic (exact) mass is 475 g/mol. The van der Waals surface area contributed by atoms with Crippen molar-refractivity contribution in [3.63, 3.8) is 0 Å². The lowest BCUT2D eigenvalue weighted by molar-refractivity contribution is -0.139. The molecule has 6 N–H and O–H groups in total. The van der Waals surface area contributed by atoms with Gasteiger partial charge in [-0.15, -0.1) is 12.3 Å². The molecule has 2 aromatic heterocycles. The third-order valence-corrected chi connectivity index (χ3v) is 5.35. The lowest BCUT2D eigenvalue weighted by atomic mass is 9.91. The Hall–Kier alpha value is -4.59. The Labute approximate surface area is 201 Å². The summed E-state index contributed by atoms with van der Waals surface area (Å²) < 4.78 is 0. The Morgan fingerprint density at radius 1 is 1.14 bits per heavy atom. The number of amides is 1. The molecule has 2 atom stereocenters. The largest absolute Gasteiger partial charge is 0.480 e. The van der Waals surface area contributed by atoms with E-state index < -0.39 is 17.9 Å². The van der Waals surface area contributed by atoms with E-state index >= 15 is 0 Å². The van der Waals surface area contributed by atoms with Gasteiger partial charge in [0.2, 0.25) is 5.95 Å². The van der Waals surface area contributed by atoms with Crippen molar-refractivity contribution in [1.82, 2.24) is 25.3 Å². The molecular formula is C24H25N7O4. The Bertz CT molecular complexity index is 1300. The first-order chi connectivity index (χ1) is 16.7. The van der Waals surface area contributed by atoms with Crippen LogP contribution in [-0.4, -0.2) is 48.7 Å². The summed E-state index contributed by atoms with van der Waals surface area (Å²) in [6.45, 7) is 1.37. The zero-order chi connectivity index (χ0) is 25.5. The summed E-state index contributed by atoms with van der Waals surface area (Å²) in [4.78, 5) is 51.8. The number of anilines is 2. The maximum Gasteiger partial charge on any atom is 0.326 e. The molecule has 0 aliphatic carbocycles. The van der Waals surface area contributed by atoms with Gasteiger partial charge in [0.25, 0.3) is 5.91 Å². The number of hydrogen-bond acceptors (Lipinski definition) is 9. The molecule has 11 heteroatoms. The summed E-state index contributed by atoms with van der Waals surface area (Å²) in [5.74, 6) is 0.787. The second-order valence-electron chi connectivity index (χ2n) is 8.04. The summed E-state index contributed by atoms with van der Waals surface area (Å²) in [5.41, 5.74) is 13.9. The number of hydrogen-bond donors (Lipinski definition) is 4.